The van der Waals surface area contributed by atoms with Gasteiger partial charge in [0.1, 0.15) is 5.84 Å². The Morgan fingerprint density at radius 3 is 2.87 bits per heavy atom. The van der Waals surface area contributed by atoms with Crippen molar-refractivity contribution in [2.45, 2.75) is 0 Å². The lowest BCUT2D eigenvalue weighted by atomic mass is 10.1. The standard InChI is InChI=1S/C18H19ClN4/c1-22-8-10-23(11-9-22)18-14-4-2-3-5-15(14)20-16-7-6-13(19)12-17(16)21-18/h2-7,12,20H,8-11H2,1H3/i1D3,2D,3D,4D,5D,6D,7D,10D2,11D2,12D. The number of hydrogen-bond donors (Lipinski definition) is 1. The Labute approximate surface area is 161 Å². The molecule has 2 aromatic carbocycles. The number of halogens is 1. The Bertz CT molecular complexity index is 1340. The first-order chi connectivity index (χ1) is 16.8. The van der Waals surface area contributed by atoms with E-state index in [1.807, 2.05) is 0 Å². The first-order valence-electron chi connectivity index (χ1n) is 13.6. The van der Waals surface area contributed by atoms with E-state index in [-0.39, 0.29) is 11.4 Å². The number of hydrogen-bond acceptors (Lipinski definition) is 4. The van der Waals surface area contributed by atoms with Crippen LogP contribution in [0.25, 0.3) is 0 Å². The molecule has 118 valence electrons. The first-order valence-corrected chi connectivity index (χ1v) is 7.00. The van der Waals surface area contributed by atoms with Crippen LogP contribution in [0, 0.1) is 0 Å². The zero-order valence-corrected chi connectivity index (χ0v) is 12.4. The number of aliphatic imine (C=N–C) groups is 1. The number of amidine groups is 1. The predicted octanol–water partition coefficient (Wildman–Crippen LogP) is 3.72. The molecule has 0 aliphatic carbocycles. The van der Waals surface area contributed by atoms with E-state index in [0.29, 0.717) is 9.80 Å². The van der Waals surface area contributed by atoms with Gasteiger partial charge in [-0.2, -0.15) is 0 Å². The number of nitrogens with zero attached hydrogens (tertiary/aromatic N) is 3. The van der Waals surface area contributed by atoms with Crippen molar-refractivity contribution < 1.29 is 19.2 Å². The van der Waals surface area contributed by atoms with E-state index in [9.17, 15) is 0 Å². The molecule has 23 heavy (non-hydrogen) atoms. The van der Waals surface area contributed by atoms with Gasteiger partial charge in [-0.1, -0.05) is 23.7 Å². The number of benzene rings is 2. The molecule has 0 unspecified atom stereocenters. The molecule has 2 heterocycles. The second-order valence-corrected chi connectivity index (χ2v) is 5.11. The Balaban J connectivity index is 2.12. The van der Waals surface area contributed by atoms with Gasteiger partial charge in [-0.05, 0) is 37.2 Å². The van der Waals surface area contributed by atoms with Crippen LogP contribution in [0.3, 0.4) is 0 Å². The van der Waals surface area contributed by atoms with E-state index >= 15 is 0 Å². The fourth-order valence-electron chi connectivity index (χ4n) is 2.14. The summed E-state index contributed by atoms with van der Waals surface area (Å²) >= 11 is 6.06. The predicted molar refractivity (Wildman–Crippen MR) is 96.4 cm³/mol. The van der Waals surface area contributed by atoms with E-state index in [0.717, 1.165) is 0 Å². The van der Waals surface area contributed by atoms with Gasteiger partial charge in [0, 0.05) is 46.5 Å². The SMILES string of the molecule is [2H]c1c([2H])c([2H])c2c(c1[2H])Nc1c([2H])c([2H])c(Cl)c([2H])c1N=C2N1C([2H])([2H])CN(C([2H])([2H])[2H])CC1([2H])[2H]. The molecule has 0 spiro atoms. The van der Waals surface area contributed by atoms with Crippen LogP contribution in [0.4, 0.5) is 17.1 Å². The molecule has 4 rings (SSSR count). The minimum absolute atomic E-state index is 0.317. The van der Waals surface area contributed by atoms with Crippen LogP contribution < -0.4 is 5.32 Å². The molecule has 1 fully saturated rings. The lowest BCUT2D eigenvalue weighted by molar-refractivity contribution is 0.216. The van der Waals surface area contributed by atoms with Crippen molar-refractivity contribution in [1.82, 2.24) is 9.80 Å². The Kier molecular flexibility index (Phi) is 1.48. The normalized spacial score (nSPS) is 31.3. The van der Waals surface area contributed by atoms with Gasteiger partial charge in [0.2, 0.25) is 0 Å². The molecule has 0 radical (unpaired) electrons. The van der Waals surface area contributed by atoms with Gasteiger partial charge in [0.15, 0.2) is 0 Å². The maximum Gasteiger partial charge on any atom is 0.138 e. The highest BCUT2D eigenvalue weighted by molar-refractivity contribution is 6.31. The fourth-order valence-corrected chi connectivity index (χ4v) is 2.28. The third kappa shape index (κ3) is 2.80. The summed E-state index contributed by atoms with van der Waals surface area (Å²) < 4.78 is 115. The second-order valence-electron chi connectivity index (χ2n) is 4.73. The van der Waals surface area contributed by atoms with Gasteiger partial charge in [-0.3, -0.25) is 0 Å². The van der Waals surface area contributed by atoms with Crippen LogP contribution in [0.1, 0.15) is 24.8 Å². The molecule has 0 amide bonds. The number of piperazine rings is 1. The van der Waals surface area contributed by atoms with Crippen LogP contribution >= 0.6 is 11.6 Å². The maximum absolute atomic E-state index is 8.60. The number of para-hydroxylation sites is 1. The Morgan fingerprint density at radius 1 is 1.22 bits per heavy atom. The zero-order chi connectivity index (χ0) is 28.0. The van der Waals surface area contributed by atoms with Gasteiger partial charge in [0.05, 0.1) is 26.5 Å². The summed E-state index contributed by atoms with van der Waals surface area (Å²) in [6, 6.07) is -4.47. The topological polar surface area (TPSA) is 30.9 Å². The molecule has 4 nitrogen and oxygen atoms in total. The number of likely N-dealkylation sites (N-methyl/N-ethyl adjacent to an activating group) is 1. The summed E-state index contributed by atoms with van der Waals surface area (Å²) in [5, 5.41) is 2.16. The van der Waals surface area contributed by atoms with Gasteiger partial charge < -0.3 is 15.1 Å². The molecule has 1 saturated heterocycles. The summed E-state index contributed by atoms with van der Waals surface area (Å²) in [7, 11) is 0. The maximum atomic E-state index is 8.60. The van der Waals surface area contributed by atoms with Crippen molar-refractivity contribution in [2.75, 3.05) is 38.4 Å². The van der Waals surface area contributed by atoms with E-state index in [1.165, 1.54) is 0 Å². The van der Waals surface area contributed by atoms with Gasteiger partial charge >= 0.3 is 0 Å². The van der Waals surface area contributed by atoms with Gasteiger partial charge in [-0.15, -0.1) is 0 Å². The lowest BCUT2D eigenvalue weighted by Crippen LogP contribution is -2.47. The first kappa shape index (κ1) is 5.80. The number of nitrogens with one attached hydrogen (secondary N) is 1. The molecule has 0 bridgehead atoms. The summed E-state index contributed by atoms with van der Waals surface area (Å²) in [6.45, 7) is -10.0. The fraction of sp³-hybridized carbons (Fsp3) is 0.278. The van der Waals surface area contributed by atoms with Crippen molar-refractivity contribution in [3.63, 3.8) is 0 Å². The highest BCUT2D eigenvalue weighted by Crippen LogP contribution is 2.36. The van der Waals surface area contributed by atoms with Crippen LogP contribution in [-0.2, 0) is 0 Å². The monoisotopic (exact) mass is 340 g/mol. The Morgan fingerprint density at radius 2 is 2.04 bits per heavy atom. The van der Waals surface area contributed by atoms with Crippen molar-refractivity contribution >= 4 is 34.5 Å². The van der Waals surface area contributed by atoms with Crippen molar-refractivity contribution in [2.24, 2.45) is 4.99 Å². The van der Waals surface area contributed by atoms with E-state index in [2.05, 4.69) is 10.3 Å². The molecule has 1 N–H and O–H groups in total. The summed E-state index contributed by atoms with van der Waals surface area (Å²) in [5.74, 6) is -0.657. The summed E-state index contributed by atoms with van der Waals surface area (Å²) in [6.07, 6.45) is 0. The molecule has 5 heteroatoms. The van der Waals surface area contributed by atoms with E-state index in [4.69, 9.17) is 30.8 Å². The molecular formula is C18H19ClN4. The number of fused-ring (bicyclic) bond motifs is 2. The van der Waals surface area contributed by atoms with E-state index < -0.39 is 97.5 Å². The minimum atomic E-state index is -2.83. The van der Waals surface area contributed by atoms with E-state index in [1.54, 1.807) is 0 Å². The number of rotatable bonds is 0. The average Bonchev–Trinajstić information content (AvgIpc) is 2.94. The highest BCUT2D eigenvalue weighted by Gasteiger charge is 2.23. The largest absolute Gasteiger partial charge is 0.353 e. The third-order valence-corrected chi connectivity index (χ3v) is 3.38. The smallest absolute Gasteiger partial charge is 0.138 e. The second kappa shape index (κ2) is 5.87. The highest BCUT2D eigenvalue weighted by atomic mass is 35.5. The molecule has 0 aromatic heterocycles. The minimum Gasteiger partial charge on any atom is -0.353 e. The van der Waals surface area contributed by atoms with Crippen LogP contribution in [-0.4, -0.2) is 48.7 Å². The third-order valence-electron chi connectivity index (χ3n) is 3.19. The van der Waals surface area contributed by atoms with Gasteiger partial charge in [0.25, 0.3) is 0 Å². The lowest BCUT2D eigenvalue weighted by Gasteiger charge is -2.34. The molecule has 0 saturated carbocycles. The molecule has 2 aliphatic heterocycles. The van der Waals surface area contributed by atoms with Crippen molar-refractivity contribution in [3.8, 4) is 0 Å². The number of anilines is 2. The van der Waals surface area contributed by atoms with Crippen molar-refractivity contribution in [1.29, 1.82) is 0 Å². The Hall–Kier alpha value is -2.04. The summed E-state index contributed by atoms with van der Waals surface area (Å²) in [5.41, 5.74) is -1.58. The van der Waals surface area contributed by atoms with Gasteiger partial charge in [-0.25, -0.2) is 4.99 Å². The molecule has 2 aromatic rings. The molecule has 2 aliphatic rings. The quantitative estimate of drug-likeness (QED) is 0.793. The van der Waals surface area contributed by atoms with Crippen LogP contribution in [0.2, 0.25) is 5.02 Å². The van der Waals surface area contributed by atoms with Crippen LogP contribution in [0.5, 0.6) is 0 Å². The molecular weight excluding hydrogens is 308 g/mol. The van der Waals surface area contributed by atoms with Crippen molar-refractivity contribution in [3.05, 3.63) is 52.9 Å². The average molecular weight is 341 g/mol. The molecule has 0 atom stereocenters. The van der Waals surface area contributed by atoms with Crippen LogP contribution in [0.15, 0.2) is 47.3 Å². The zero-order valence-electron chi connectivity index (χ0n) is 25.6. The summed E-state index contributed by atoms with van der Waals surface area (Å²) in [4.78, 5) is 5.36.